The molecule has 11 heteroatoms. The SMILES string of the molecule is CCOC(=O)c1c2c3c(c(Nc4ccc(C)cc4[S+]([O])(=O)O[NH3+])ccc3n(C)c1=O)C(=O)c1ccccc1-2. The molecule has 1 aliphatic rings. The highest BCUT2D eigenvalue weighted by Gasteiger charge is 2.41. The third kappa shape index (κ3) is 3.84. The second kappa shape index (κ2) is 9.30. The van der Waals surface area contributed by atoms with E-state index in [1.165, 1.54) is 17.7 Å². The van der Waals surface area contributed by atoms with Crippen molar-refractivity contribution in [2.45, 2.75) is 18.7 Å². The molecule has 1 radical (unpaired) electrons. The van der Waals surface area contributed by atoms with Crippen molar-refractivity contribution in [2.24, 2.45) is 7.05 Å². The first-order valence-electron chi connectivity index (χ1n) is 11.7. The third-order valence-corrected chi connectivity index (χ3v) is 7.73. The number of aryl methyl sites for hydroxylation is 2. The number of anilines is 2. The summed E-state index contributed by atoms with van der Waals surface area (Å²) in [4.78, 5) is 40.2. The van der Waals surface area contributed by atoms with Gasteiger partial charge in [-0.3, -0.25) is 9.59 Å². The molecular formula is C27H24N3O7S+2. The molecule has 0 fully saturated rings. The van der Waals surface area contributed by atoms with Gasteiger partial charge in [0.05, 0.1) is 32.2 Å². The van der Waals surface area contributed by atoms with E-state index in [1.807, 2.05) is 0 Å². The minimum atomic E-state index is -4.19. The van der Waals surface area contributed by atoms with Crippen molar-refractivity contribution < 1.29 is 33.3 Å². The Morgan fingerprint density at radius 1 is 1.03 bits per heavy atom. The fraction of sp³-hybridized carbons (Fsp3) is 0.148. The number of pyridine rings is 1. The standard InChI is InChI=1S/C27H23N3O7S/c1-4-36-27(33)24-21-15-7-5-6-8-16(15)25(31)22-18(11-12-19(23(21)22)30(3)26(24)32)29-17-10-9-14(2)13-20(17)38(34,35)37-28/h5-13H,4H2,1-3,28H3/q+1/p+1. The zero-order valence-electron chi connectivity index (χ0n) is 20.8. The van der Waals surface area contributed by atoms with Crippen LogP contribution in [-0.4, -0.2) is 22.9 Å². The summed E-state index contributed by atoms with van der Waals surface area (Å²) in [6.45, 7) is 3.44. The summed E-state index contributed by atoms with van der Waals surface area (Å²) in [6.07, 6.45) is 0. The largest absolute Gasteiger partial charge is 0.484 e. The van der Waals surface area contributed by atoms with Gasteiger partial charge < -0.3 is 14.6 Å². The van der Waals surface area contributed by atoms with Crippen molar-refractivity contribution in [1.29, 1.82) is 0 Å². The van der Waals surface area contributed by atoms with E-state index in [4.69, 9.17) is 4.74 Å². The van der Waals surface area contributed by atoms with Gasteiger partial charge in [-0.1, -0.05) is 30.3 Å². The molecule has 1 aromatic heterocycles. The van der Waals surface area contributed by atoms with Crippen LogP contribution in [0.25, 0.3) is 22.0 Å². The van der Waals surface area contributed by atoms with E-state index >= 15 is 0 Å². The molecule has 10 nitrogen and oxygen atoms in total. The van der Waals surface area contributed by atoms with Crippen LogP contribution in [-0.2, 0) is 35.3 Å². The number of rotatable bonds is 6. The van der Waals surface area contributed by atoms with Crippen molar-refractivity contribution in [3.05, 3.63) is 87.2 Å². The first kappa shape index (κ1) is 25.5. The molecular weight excluding hydrogens is 510 g/mol. The average Bonchev–Trinajstić information content (AvgIpc) is 2.90. The summed E-state index contributed by atoms with van der Waals surface area (Å²) in [5.41, 5.74) is 2.06. The average molecular weight is 535 g/mol. The summed E-state index contributed by atoms with van der Waals surface area (Å²) < 4.78 is 36.2. The van der Waals surface area contributed by atoms with Gasteiger partial charge in [0.15, 0.2) is 5.78 Å². The lowest BCUT2D eigenvalue weighted by Gasteiger charge is -2.25. The van der Waals surface area contributed by atoms with Gasteiger partial charge in [-0.15, -0.1) is 0 Å². The Hall–Kier alpha value is -4.16. The van der Waals surface area contributed by atoms with E-state index in [0.29, 0.717) is 33.2 Å². The van der Waals surface area contributed by atoms with Gasteiger partial charge in [0, 0.05) is 29.6 Å². The van der Waals surface area contributed by atoms with Crippen LogP contribution in [0.3, 0.4) is 0 Å². The molecule has 0 spiro atoms. The molecule has 4 aromatic rings. The number of esters is 1. The van der Waals surface area contributed by atoms with Crippen molar-refractivity contribution in [2.75, 3.05) is 11.9 Å². The highest BCUT2D eigenvalue weighted by atomic mass is 32.3. The molecule has 1 aliphatic carbocycles. The molecule has 0 aliphatic heterocycles. The van der Waals surface area contributed by atoms with E-state index < -0.39 is 22.0 Å². The Balaban J connectivity index is 1.87. The maximum atomic E-state index is 13.9. The molecule has 0 amide bonds. The molecule has 1 heterocycles. The lowest BCUT2D eigenvalue weighted by Crippen LogP contribution is -2.52. The van der Waals surface area contributed by atoms with Crippen LogP contribution in [0.5, 0.6) is 0 Å². The van der Waals surface area contributed by atoms with Gasteiger partial charge in [0.1, 0.15) is 11.3 Å². The summed E-state index contributed by atoms with van der Waals surface area (Å²) in [5.74, 6) is 1.92. The zero-order valence-corrected chi connectivity index (χ0v) is 21.6. The fourth-order valence-electron chi connectivity index (χ4n) is 4.82. The van der Waals surface area contributed by atoms with Crippen LogP contribution in [0.15, 0.2) is 64.3 Å². The van der Waals surface area contributed by atoms with Gasteiger partial charge >= 0.3 is 16.5 Å². The fourth-order valence-corrected chi connectivity index (χ4v) is 5.66. The monoisotopic (exact) mass is 534 g/mol. The summed E-state index contributed by atoms with van der Waals surface area (Å²) in [5, 5.41) is 3.45. The second-order valence-electron chi connectivity index (χ2n) is 8.79. The number of ketones is 1. The first-order valence-corrected chi connectivity index (χ1v) is 13.1. The van der Waals surface area contributed by atoms with Crippen molar-refractivity contribution in [1.82, 2.24) is 4.57 Å². The van der Waals surface area contributed by atoms with Crippen LogP contribution in [0.4, 0.5) is 11.4 Å². The number of carbonyl (C=O) groups excluding carboxylic acids is 2. The number of hydrogen-bond donors (Lipinski definition) is 2. The Morgan fingerprint density at radius 2 is 1.71 bits per heavy atom. The third-order valence-electron chi connectivity index (χ3n) is 6.54. The number of nitrogens with one attached hydrogen (secondary N) is 1. The Kier molecular flexibility index (Phi) is 6.24. The molecule has 193 valence electrons. The maximum Gasteiger partial charge on any atom is 0.484 e. The number of hydrogen-bond acceptors (Lipinski definition) is 7. The Labute approximate surface area is 218 Å². The molecule has 4 N–H and O–H groups in total. The smallest absolute Gasteiger partial charge is 0.462 e. The molecule has 0 saturated carbocycles. The normalized spacial score (nSPS) is 13.7. The number of nitrogens with zero attached hydrogens (tertiary/aromatic N) is 1. The highest BCUT2D eigenvalue weighted by Crippen LogP contribution is 2.44. The highest BCUT2D eigenvalue weighted by molar-refractivity contribution is 7.93. The van der Waals surface area contributed by atoms with Crippen molar-refractivity contribution in [3.63, 3.8) is 0 Å². The zero-order chi connectivity index (χ0) is 27.4. The molecule has 1 unspecified atom stereocenters. The van der Waals surface area contributed by atoms with E-state index in [-0.39, 0.29) is 39.8 Å². The van der Waals surface area contributed by atoms with Crippen molar-refractivity contribution in [3.8, 4) is 11.1 Å². The van der Waals surface area contributed by atoms with Crippen LogP contribution in [0.2, 0.25) is 0 Å². The molecule has 38 heavy (non-hydrogen) atoms. The van der Waals surface area contributed by atoms with E-state index in [2.05, 4.69) is 15.5 Å². The van der Waals surface area contributed by atoms with Crippen LogP contribution in [0, 0.1) is 6.92 Å². The topological polar surface area (TPSA) is 151 Å². The molecule has 5 rings (SSSR count). The van der Waals surface area contributed by atoms with Gasteiger partial charge in [-0.25, -0.2) is 4.79 Å². The predicted octanol–water partition coefficient (Wildman–Crippen LogP) is 3.27. The summed E-state index contributed by atoms with van der Waals surface area (Å²) in [7, 11) is -2.68. The van der Waals surface area contributed by atoms with Gasteiger partial charge in [-0.05, 0) is 47.4 Å². The Bertz CT molecular complexity index is 1780. The number of aromatic nitrogens is 1. The van der Waals surface area contributed by atoms with Crippen LogP contribution in [0.1, 0.15) is 38.8 Å². The van der Waals surface area contributed by atoms with E-state index in [1.54, 1.807) is 62.4 Å². The summed E-state index contributed by atoms with van der Waals surface area (Å²) in [6, 6.07) is 14.7. The van der Waals surface area contributed by atoms with Crippen molar-refractivity contribution >= 4 is 44.5 Å². The van der Waals surface area contributed by atoms with E-state index in [0.717, 1.165) is 0 Å². The van der Waals surface area contributed by atoms with Gasteiger partial charge in [0.2, 0.25) is 0 Å². The Morgan fingerprint density at radius 3 is 2.39 bits per heavy atom. The van der Waals surface area contributed by atoms with Crippen LogP contribution >= 0.6 is 0 Å². The second-order valence-corrected chi connectivity index (χ2v) is 10.4. The van der Waals surface area contributed by atoms with Crippen LogP contribution < -0.4 is 16.8 Å². The minimum absolute atomic E-state index is 0.0630. The quantitative estimate of drug-likeness (QED) is 0.193. The number of ether oxygens (including phenoxy) is 1. The molecule has 0 bridgehead atoms. The van der Waals surface area contributed by atoms with Gasteiger partial charge in [0.25, 0.3) is 10.5 Å². The summed E-state index contributed by atoms with van der Waals surface area (Å²) >= 11 is 0. The molecule has 3 aromatic carbocycles. The molecule has 0 saturated heterocycles. The maximum absolute atomic E-state index is 13.9. The minimum Gasteiger partial charge on any atom is -0.462 e. The number of quaternary nitrogens is 1. The molecule has 1 atom stereocenters. The first-order chi connectivity index (χ1) is 18.1. The predicted molar refractivity (Wildman–Crippen MR) is 139 cm³/mol. The number of benzene rings is 3. The lowest BCUT2D eigenvalue weighted by molar-refractivity contribution is -0.637. The number of carbonyl (C=O) groups is 2. The lowest BCUT2D eigenvalue weighted by atomic mass is 9.81. The van der Waals surface area contributed by atoms with E-state index in [9.17, 15) is 23.1 Å². The van der Waals surface area contributed by atoms with Gasteiger partial charge in [-0.2, -0.15) is 5.90 Å². The number of fused-ring (bicyclic) bond motifs is 2.